The van der Waals surface area contributed by atoms with Crippen molar-refractivity contribution < 1.29 is 0 Å². The molecular weight excluding hydrogens is 301 g/mol. The molecule has 0 bridgehead atoms. The van der Waals surface area contributed by atoms with E-state index in [1.54, 1.807) is 18.6 Å². The fourth-order valence-corrected chi connectivity index (χ4v) is 1.91. The van der Waals surface area contributed by atoms with Gasteiger partial charge in [0.15, 0.2) is 0 Å². The lowest BCUT2D eigenvalue weighted by Gasteiger charge is -2.10. The molecule has 2 rings (SSSR count). The SMILES string of the molecule is NC(c1cccc(I)c1)c1cnccn1. The number of nitrogens with zero attached hydrogens (tertiary/aromatic N) is 2. The summed E-state index contributed by atoms with van der Waals surface area (Å²) in [7, 11) is 0. The monoisotopic (exact) mass is 311 g/mol. The standard InChI is InChI=1S/C11H10IN3/c12-9-3-1-2-8(6-9)11(13)10-7-14-4-5-15-10/h1-7,11H,13H2. The molecule has 2 aromatic rings. The molecule has 1 heterocycles. The van der Waals surface area contributed by atoms with Crippen LogP contribution in [0.4, 0.5) is 0 Å². The summed E-state index contributed by atoms with van der Waals surface area (Å²) >= 11 is 2.27. The van der Waals surface area contributed by atoms with Gasteiger partial charge in [0.25, 0.3) is 0 Å². The highest BCUT2D eigenvalue weighted by Crippen LogP contribution is 2.18. The number of rotatable bonds is 2. The molecule has 1 unspecified atom stereocenters. The summed E-state index contributed by atoms with van der Waals surface area (Å²) in [4.78, 5) is 8.20. The van der Waals surface area contributed by atoms with Crippen LogP contribution in [0.2, 0.25) is 0 Å². The van der Waals surface area contributed by atoms with Crippen molar-refractivity contribution in [3.8, 4) is 0 Å². The van der Waals surface area contributed by atoms with Gasteiger partial charge < -0.3 is 5.73 Å². The Kier molecular flexibility index (Phi) is 3.27. The van der Waals surface area contributed by atoms with E-state index in [0.29, 0.717) is 0 Å². The Morgan fingerprint density at radius 2 is 2.13 bits per heavy atom. The van der Waals surface area contributed by atoms with Crippen molar-refractivity contribution >= 4 is 22.6 Å². The first-order valence-electron chi connectivity index (χ1n) is 4.54. The second kappa shape index (κ2) is 4.67. The Bertz CT molecular complexity index is 445. The highest BCUT2D eigenvalue weighted by molar-refractivity contribution is 14.1. The van der Waals surface area contributed by atoms with Gasteiger partial charge in [-0.1, -0.05) is 12.1 Å². The molecule has 1 atom stereocenters. The molecule has 0 saturated heterocycles. The summed E-state index contributed by atoms with van der Waals surface area (Å²) in [5.74, 6) is 0. The number of nitrogens with two attached hydrogens (primary N) is 1. The highest BCUT2D eigenvalue weighted by atomic mass is 127. The minimum absolute atomic E-state index is 0.201. The van der Waals surface area contributed by atoms with E-state index in [-0.39, 0.29) is 6.04 Å². The Morgan fingerprint density at radius 1 is 1.27 bits per heavy atom. The third kappa shape index (κ3) is 2.51. The number of hydrogen-bond donors (Lipinski definition) is 1. The maximum absolute atomic E-state index is 6.08. The molecule has 0 saturated carbocycles. The van der Waals surface area contributed by atoms with Crippen molar-refractivity contribution in [1.29, 1.82) is 0 Å². The molecule has 1 aromatic heterocycles. The van der Waals surface area contributed by atoms with Gasteiger partial charge in [-0.2, -0.15) is 0 Å². The van der Waals surface area contributed by atoms with Crippen LogP contribution in [0.5, 0.6) is 0 Å². The Morgan fingerprint density at radius 3 is 2.80 bits per heavy atom. The van der Waals surface area contributed by atoms with Gasteiger partial charge in [-0.3, -0.25) is 9.97 Å². The molecule has 1 aromatic carbocycles. The third-order valence-electron chi connectivity index (χ3n) is 2.11. The lowest BCUT2D eigenvalue weighted by molar-refractivity contribution is 0.817. The summed E-state index contributed by atoms with van der Waals surface area (Å²) in [6.45, 7) is 0. The lowest BCUT2D eigenvalue weighted by atomic mass is 10.1. The summed E-state index contributed by atoms with van der Waals surface area (Å²) in [5.41, 5.74) is 7.93. The van der Waals surface area contributed by atoms with Crippen molar-refractivity contribution in [1.82, 2.24) is 9.97 Å². The van der Waals surface area contributed by atoms with Gasteiger partial charge in [-0.15, -0.1) is 0 Å². The number of halogens is 1. The summed E-state index contributed by atoms with van der Waals surface area (Å²) in [6, 6.07) is 7.88. The minimum atomic E-state index is -0.201. The quantitative estimate of drug-likeness (QED) is 0.865. The summed E-state index contributed by atoms with van der Waals surface area (Å²) < 4.78 is 1.17. The molecule has 0 aliphatic carbocycles. The second-order valence-electron chi connectivity index (χ2n) is 3.16. The first-order valence-corrected chi connectivity index (χ1v) is 5.62. The first kappa shape index (κ1) is 10.5. The predicted molar refractivity (Wildman–Crippen MR) is 67.2 cm³/mol. The van der Waals surface area contributed by atoms with E-state index >= 15 is 0 Å². The lowest BCUT2D eigenvalue weighted by Crippen LogP contribution is -2.13. The van der Waals surface area contributed by atoms with Gasteiger partial charge in [-0.25, -0.2) is 0 Å². The molecule has 3 nitrogen and oxygen atoms in total. The van der Waals surface area contributed by atoms with Crippen LogP contribution in [0.3, 0.4) is 0 Å². The largest absolute Gasteiger partial charge is 0.319 e. The van der Waals surface area contributed by atoms with Gasteiger partial charge in [0.1, 0.15) is 0 Å². The minimum Gasteiger partial charge on any atom is -0.319 e. The molecule has 15 heavy (non-hydrogen) atoms. The topological polar surface area (TPSA) is 51.8 Å². The molecule has 0 spiro atoms. The number of hydrogen-bond acceptors (Lipinski definition) is 3. The van der Waals surface area contributed by atoms with Crippen LogP contribution in [-0.2, 0) is 0 Å². The van der Waals surface area contributed by atoms with E-state index in [4.69, 9.17) is 5.73 Å². The van der Waals surface area contributed by atoms with Crippen LogP contribution in [0.15, 0.2) is 42.9 Å². The van der Waals surface area contributed by atoms with Crippen LogP contribution in [-0.4, -0.2) is 9.97 Å². The average molecular weight is 311 g/mol. The maximum atomic E-state index is 6.08. The van der Waals surface area contributed by atoms with Crippen LogP contribution in [0.1, 0.15) is 17.3 Å². The van der Waals surface area contributed by atoms with Crippen LogP contribution in [0, 0.1) is 3.57 Å². The Hall–Kier alpha value is -1.01. The van der Waals surface area contributed by atoms with Crippen molar-refractivity contribution in [2.24, 2.45) is 5.73 Å². The van der Waals surface area contributed by atoms with Crippen LogP contribution >= 0.6 is 22.6 Å². The molecular formula is C11H10IN3. The summed E-state index contributed by atoms with van der Waals surface area (Å²) in [5, 5.41) is 0. The zero-order valence-electron chi connectivity index (χ0n) is 7.97. The molecule has 0 aliphatic rings. The van der Waals surface area contributed by atoms with E-state index in [1.807, 2.05) is 18.2 Å². The molecule has 0 fully saturated rings. The fourth-order valence-electron chi connectivity index (χ4n) is 1.34. The highest BCUT2D eigenvalue weighted by Gasteiger charge is 2.09. The van der Waals surface area contributed by atoms with Crippen molar-refractivity contribution in [2.45, 2.75) is 6.04 Å². The van der Waals surface area contributed by atoms with Crippen molar-refractivity contribution in [2.75, 3.05) is 0 Å². The van der Waals surface area contributed by atoms with Crippen molar-refractivity contribution in [3.05, 3.63) is 57.7 Å². The molecule has 2 N–H and O–H groups in total. The third-order valence-corrected chi connectivity index (χ3v) is 2.78. The van der Waals surface area contributed by atoms with E-state index in [9.17, 15) is 0 Å². The molecule has 0 amide bonds. The molecule has 0 aliphatic heterocycles. The Balaban J connectivity index is 2.32. The zero-order chi connectivity index (χ0) is 10.7. The number of benzene rings is 1. The van der Waals surface area contributed by atoms with Gasteiger partial charge >= 0.3 is 0 Å². The maximum Gasteiger partial charge on any atom is 0.0799 e. The smallest absolute Gasteiger partial charge is 0.0799 e. The fraction of sp³-hybridized carbons (Fsp3) is 0.0909. The second-order valence-corrected chi connectivity index (χ2v) is 4.41. The average Bonchev–Trinajstić information content (AvgIpc) is 2.29. The molecule has 0 radical (unpaired) electrons. The molecule has 76 valence electrons. The first-order chi connectivity index (χ1) is 7.27. The van der Waals surface area contributed by atoms with Gasteiger partial charge in [0, 0.05) is 16.0 Å². The van der Waals surface area contributed by atoms with Crippen molar-refractivity contribution in [3.63, 3.8) is 0 Å². The van der Waals surface area contributed by atoms with E-state index in [1.165, 1.54) is 3.57 Å². The van der Waals surface area contributed by atoms with Gasteiger partial charge in [-0.05, 0) is 40.3 Å². The predicted octanol–water partition coefficient (Wildman–Crippen LogP) is 2.13. The van der Waals surface area contributed by atoms with Crippen LogP contribution < -0.4 is 5.73 Å². The van der Waals surface area contributed by atoms with E-state index in [0.717, 1.165) is 11.3 Å². The van der Waals surface area contributed by atoms with E-state index in [2.05, 4.69) is 38.6 Å². The Labute approximate surface area is 102 Å². The van der Waals surface area contributed by atoms with Gasteiger partial charge in [0.05, 0.1) is 17.9 Å². The zero-order valence-corrected chi connectivity index (χ0v) is 10.1. The van der Waals surface area contributed by atoms with Gasteiger partial charge in [0.2, 0.25) is 0 Å². The van der Waals surface area contributed by atoms with Crippen LogP contribution in [0.25, 0.3) is 0 Å². The summed E-state index contributed by atoms with van der Waals surface area (Å²) in [6.07, 6.45) is 5.00. The molecule has 4 heteroatoms. The van der Waals surface area contributed by atoms with E-state index < -0.39 is 0 Å². The normalized spacial score (nSPS) is 12.4. The number of aromatic nitrogens is 2.